The van der Waals surface area contributed by atoms with Crippen molar-refractivity contribution < 1.29 is 0 Å². The van der Waals surface area contributed by atoms with Gasteiger partial charge in [-0.05, 0) is 13.0 Å². The van der Waals surface area contributed by atoms with Crippen molar-refractivity contribution in [3.05, 3.63) is 36.0 Å². The number of aromatic amines is 1. The number of rotatable bonds is 4. The normalized spacial score (nSPS) is 10.4. The summed E-state index contributed by atoms with van der Waals surface area (Å²) >= 11 is 0. The molecule has 4 nitrogen and oxygen atoms in total. The maximum absolute atomic E-state index is 5.46. The maximum atomic E-state index is 5.46. The Bertz CT molecular complexity index is 462. The molecule has 4 N–H and O–H groups in total. The van der Waals surface area contributed by atoms with E-state index < -0.39 is 0 Å². The lowest BCUT2D eigenvalue weighted by Gasteiger charge is -2.06. The number of aromatic nitrogens is 2. The molecule has 1 heterocycles. The van der Waals surface area contributed by atoms with Gasteiger partial charge in [-0.15, -0.1) is 0 Å². The molecule has 0 fully saturated rings. The minimum absolute atomic E-state index is 0.610. The molecule has 0 aliphatic rings. The topological polar surface area (TPSA) is 66.7 Å². The molecule has 0 aliphatic carbocycles. The van der Waals surface area contributed by atoms with E-state index in [1.54, 1.807) is 6.20 Å². The predicted molar refractivity (Wildman–Crippen MR) is 66.3 cm³/mol. The lowest BCUT2D eigenvalue weighted by molar-refractivity contribution is 1.03. The summed E-state index contributed by atoms with van der Waals surface area (Å²) in [6.45, 7) is 3.43. The van der Waals surface area contributed by atoms with Gasteiger partial charge in [-0.2, -0.15) is 5.10 Å². The summed E-state index contributed by atoms with van der Waals surface area (Å²) in [4.78, 5) is 0. The van der Waals surface area contributed by atoms with E-state index in [2.05, 4.69) is 40.6 Å². The van der Waals surface area contributed by atoms with Gasteiger partial charge in [0.15, 0.2) is 0 Å². The highest BCUT2D eigenvalue weighted by Crippen LogP contribution is 2.25. The van der Waals surface area contributed by atoms with Crippen LogP contribution in [0.2, 0.25) is 0 Å². The molecule has 2 aromatic rings. The average molecular weight is 216 g/mol. The number of nitrogens with zero attached hydrogens (tertiary/aromatic N) is 1. The quantitative estimate of drug-likeness (QED) is 0.729. The van der Waals surface area contributed by atoms with E-state index in [1.165, 1.54) is 5.56 Å². The summed E-state index contributed by atoms with van der Waals surface area (Å²) in [5.41, 5.74) is 9.84. The Morgan fingerprint density at radius 2 is 2.31 bits per heavy atom. The minimum Gasteiger partial charge on any atom is -0.381 e. The zero-order valence-corrected chi connectivity index (χ0v) is 9.33. The number of anilines is 1. The first kappa shape index (κ1) is 10.7. The van der Waals surface area contributed by atoms with E-state index in [0.29, 0.717) is 6.54 Å². The van der Waals surface area contributed by atoms with E-state index in [-0.39, 0.29) is 0 Å². The fraction of sp³-hybridized carbons (Fsp3) is 0.250. The molecule has 1 aromatic heterocycles. The van der Waals surface area contributed by atoms with Crippen LogP contribution in [0, 0.1) is 6.92 Å². The first-order valence-corrected chi connectivity index (χ1v) is 5.35. The largest absolute Gasteiger partial charge is 0.381 e. The summed E-state index contributed by atoms with van der Waals surface area (Å²) in [7, 11) is 0. The van der Waals surface area contributed by atoms with E-state index >= 15 is 0 Å². The first-order valence-electron chi connectivity index (χ1n) is 5.35. The molecule has 2 rings (SSSR count). The number of hydrogen-bond acceptors (Lipinski definition) is 3. The third-order valence-corrected chi connectivity index (χ3v) is 2.41. The molecule has 16 heavy (non-hydrogen) atoms. The van der Waals surface area contributed by atoms with Crippen molar-refractivity contribution in [1.82, 2.24) is 10.2 Å². The molecule has 0 bridgehead atoms. The van der Waals surface area contributed by atoms with Gasteiger partial charge in [0, 0.05) is 18.7 Å². The van der Waals surface area contributed by atoms with Crippen LogP contribution in [-0.2, 0) is 0 Å². The number of nitrogens with two attached hydrogens (primary N) is 1. The lowest BCUT2D eigenvalue weighted by atomic mass is 10.1. The monoisotopic (exact) mass is 216 g/mol. The molecule has 0 spiro atoms. The molecule has 0 unspecified atom stereocenters. The van der Waals surface area contributed by atoms with E-state index in [0.717, 1.165) is 23.5 Å². The highest BCUT2D eigenvalue weighted by Gasteiger charge is 2.06. The second-order valence-electron chi connectivity index (χ2n) is 3.74. The van der Waals surface area contributed by atoms with E-state index in [1.807, 2.05) is 6.07 Å². The van der Waals surface area contributed by atoms with Crippen LogP contribution in [0.15, 0.2) is 30.5 Å². The van der Waals surface area contributed by atoms with Gasteiger partial charge < -0.3 is 11.1 Å². The Morgan fingerprint density at radius 1 is 1.44 bits per heavy atom. The van der Waals surface area contributed by atoms with Gasteiger partial charge in [-0.3, -0.25) is 5.10 Å². The highest BCUT2D eigenvalue weighted by molar-refractivity contribution is 5.73. The van der Waals surface area contributed by atoms with Gasteiger partial charge in [0.2, 0.25) is 0 Å². The van der Waals surface area contributed by atoms with Crippen LogP contribution < -0.4 is 11.1 Å². The van der Waals surface area contributed by atoms with Crippen LogP contribution in [0.1, 0.15) is 5.56 Å². The molecule has 4 heteroatoms. The number of aryl methyl sites for hydroxylation is 1. The van der Waals surface area contributed by atoms with Crippen LogP contribution in [0.3, 0.4) is 0 Å². The van der Waals surface area contributed by atoms with Crippen molar-refractivity contribution in [1.29, 1.82) is 0 Å². The summed E-state index contributed by atoms with van der Waals surface area (Å²) in [6.07, 6.45) is 1.79. The van der Waals surface area contributed by atoms with Gasteiger partial charge >= 0.3 is 0 Å². The summed E-state index contributed by atoms with van der Waals surface area (Å²) in [6, 6.07) is 8.31. The Hall–Kier alpha value is -1.81. The molecule has 0 amide bonds. The number of benzene rings is 1. The van der Waals surface area contributed by atoms with Crippen molar-refractivity contribution in [2.45, 2.75) is 6.92 Å². The number of H-pyrrole nitrogens is 1. The molecule has 0 atom stereocenters. The highest BCUT2D eigenvalue weighted by atomic mass is 15.1. The standard InChI is InChI=1S/C12H16N4/c1-9-3-2-4-10(7-9)12-11(8-15-16-12)14-6-5-13/h2-4,7-8,14H,5-6,13H2,1H3,(H,15,16). The molecule has 84 valence electrons. The number of hydrogen-bond donors (Lipinski definition) is 3. The third-order valence-electron chi connectivity index (χ3n) is 2.41. The minimum atomic E-state index is 0.610. The Kier molecular flexibility index (Phi) is 3.22. The molecule has 0 saturated heterocycles. The fourth-order valence-electron chi connectivity index (χ4n) is 1.65. The zero-order chi connectivity index (χ0) is 11.4. The second-order valence-corrected chi connectivity index (χ2v) is 3.74. The Balaban J connectivity index is 2.29. The lowest BCUT2D eigenvalue weighted by Crippen LogP contribution is -2.13. The van der Waals surface area contributed by atoms with Crippen LogP contribution in [0.25, 0.3) is 11.3 Å². The summed E-state index contributed by atoms with van der Waals surface area (Å²) in [5.74, 6) is 0. The zero-order valence-electron chi connectivity index (χ0n) is 9.33. The van der Waals surface area contributed by atoms with Crippen molar-refractivity contribution >= 4 is 5.69 Å². The van der Waals surface area contributed by atoms with E-state index in [9.17, 15) is 0 Å². The molecular formula is C12H16N4. The fourth-order valence-corrected chi connectivity index (χ4v) is 1.65. The molecule has 0 aliphatic heterocycles. The van der Waals surface area contributed by atoms with Gasteiger partial charge in [-0.25, -0.2) is 0 Å². The first-order chi connectivity index (χ1) is 7.81. The molecule has 0 saturated carbocycles. The SMILES string of the molecule is Cc1cccc(-c2[nH]ncc2NCCN)c1. The smallest absolute Gasteiger partial charge is 0.0882 e. The second kappa shape index (κ2) is 4.81. The van der Waals surface area contributed by atoms with E-state index in [4.69, 9.17) is 5.73 Å². The van der Waals surface area contributed by atoms with Crippen molar-refractivity contribution in [3.63, 3.8) is 0 Å². The Morgan fingerprint density at radius 3 is 3.06 bits per heavy atom. The summed E-state index contributed by atoms with van der Waals surface area (Å²) < 4.78 is 0. The molecular weight excluding hydrogens is 200 g/mol. The van der Waals surface area contributed by atoms with Crippen LogP contribution in [0.4, 0.5) is 5.69 Å². The van der Waals surface area contributed by atoms with Crippen molar-refractivity contribution in [2.75, 3.05) is 18.4 Å². The van der Waals surface area contributed by atoms with Gasteiger partial charge in [-0.1, -0.05) is 23.8 Å². The maximum Gasteiger partial charge on any atom is 0.0882 e. The van der Waals surface area contributed by atoms with Crippen LogP contribution in [-0.4, -0.2) is 23.3 Å². The summed E-state index contributed by atoms with van der Waals surface area (Å²) in [5, 5.41) is 10.3. The van der Waals surface area contributed by atoms with Crippen molar-refractivity contribution in [3.8, 4) is 11.3 Å². The van der Waals surface area contributed by atoms with Gasteiger partial charge in [0.1, 0.15) is 0 Å². The molecule has 1 aromatic carbocycles. The van der Waals surface area contributed by atoms with Gasteiger partial charge in [0.25, 0.3) is 0 Å². The van der Waals surface area contributed by atoms with Crippen LogP contribution in [0.5, 0.6) is 0 Å². The van der Waals surface area contributed by atoms with Gasteiger partial charge in [0.05, 0.1) is 17.6 Å². The predicted octanol–water partition coefficient (Wildman–Crippen LogP) is 1.76. The number of nitrogens with one attached hydrogen (secondary N) is 2. The van der Waals surface area contributed by atoms with Crippen LogP contribution >= 0.6 is 0 Å². The average Bonchev–Trinajstić information content (AvgIpc) is 2.74. The van der Waals surface area contributed by atoms with Crippen molar-refractivity contribution in [2.24, 2.45) is 5.73 Å². The Labute approximate surface area is 94.9 Å². The molecule has 0 radical (unpaired) electrons. The third kappa shape index (κ3) is 2.23.